The summed E-state index contributed by atoms with van der Waals surface area (Å²) in [6.45, 7) is 0. The third-order valence-electron chi connectivity index (χ3n) is 2.84. The van der Waals surface area contributed by atoms with Gasteiger partial charge in [-0.1, -0.05) is 11.8 Å². The Morgan fingerprint density at radius 3 is 2.43 bits per heavy atom. The van der Waals surface area contributed by atoms with Crippen LogP contribution >= 0.6 is 11.8 Å². The van der Waals surface area contributed by atoms with Gasteiger partial charge in [-0.05, 0) is 22.9 Å². The first-order chi connectivity index (χ1) is 10.2. The SMILES string of the molecule is COc1cc(C2S[C]=NN2C(N)=NO)cc(OC)c1OC. The summed E-state index contributed by atoms with van der Waals surface area (Å²) in [4.78, 5) is 0. The van der Waals surface area contributed by atoms with Crippen LogP contribution in [-0.2, 0) is 0 Å². The van der Waals surface area contributed by atoms with Crippen LogP contribution < -0.4 is 19.9 Å². The van der Waals surface area contributed by atoms with Crippen LogP contribution in [0.1, 0.15) is 10.9 Å². The molecule has 1 aliphatic heterocycles. The second-order valence-corrected chi connectivity index (χ2v) is 4.79. The summed E-state index contributed by atoms with van der Waals surface area (Å²) in [5.74, 6) is 1.39. The number of nitrogens with zero attached hydrogens (tertiary/aromatic N) is 3. The lowest BCUT2D eigenvalue weighted by molar-refractivity contribution is 0.297. The van der Waals surface area contributed by atoms with Crippen LogP contribution in [0.5, 0.6) is 17.2 Å². The van der Waals surface area contributed by atoms with Crippen LogP contribution in [0.4, 0.5) is 0 Å². The Hall–Kier alpha value is -2.29. The van der Waals surface area contributed by atoms with Gasteiger partial charge in [0.05, 0.1) is 21.3 Å². The van der Waals surface area contributed by atoms with Crippen molar-refractivity contribution in [3.05, 3.63) is 17.7 Å². The number of oxime groups is 1. The predicted molar refractivity (Wildman–Crippen MR) is 79.1 cm³/mol. The molecule has 1 heterocycles. The number of hydrogen-bond donors (Lipinski definition) is 2. The molecule has 3 N–H and O–H groups in total. The molecule has 2 rings (SSSR count). The lowest BCUT2D eigenvalue weighted by Crippen LogP contribution is -2.33. The van der Waals surface area contributed by atoms with Crippen molar-refractivity contribution < 1.29 is 19.4 Å². The molecular weight excluding hydrogens is 296 g/mol. The zero-order valence-electron chi connectivity index (χ0n) is 11.7. The summed E-state index contributed by atoms with van der Waals surface area (Å²) in [5, 5.41) is 16.7. The Labute approximate surface area is 126 Å². The van der Waals surface area contributed by atoms with Gasteiger partial charge >= 0.3 is 0 Å². The van der Waals surface area contributed by atoms with E-state index < -0.39 is 0 Å². The zero-order valence-corrected chi connectivity index (χ0v) is 12.5. The highest BCUT2D eigenvalue weighted by molar-refractivity contribution is 8.12. The number of benzene rings is 1. The molecule has 1 aliphatic rings. The van der Waals surface area contributed by atoms with Gasteiger partial charge in [0.2, 0.25) is 5.75 Å². The Kier molecular flexibility index (Phi) is 4.63. The van der Waals surface area contributed by atoms with Crippen molar-refractivity contribution in [1.29, 1.82) is 0 Å². The molecule has 1 unspecified atom stereocenters. The summed E-state index contributed by atoms with van der Waals surface area (Å²) in [5.41, 5.74) is 9.10. The largest absolute Gasteiger partial charge is 0.493 e. The number of hydrazone groups is 1. The molecule has 9 heteroatoms. The van der Waals surface area contributed by atoms with Gasteiger partial charge in [0.25, 0.3) is 5.96 Å². The van der Waals surface area contributed by atoms with Gasteiger partial charge in [-0.25, -0.2) is 5.01 Å². The zero-order chi connectivity index (χ0) is 15.4. The second-order valence-electron chi connectivity index (χ2n) is 3.92. The molecular formula is C12H15N4O4S. The Morgan fingerprint density at radius 2 is 1.95 bits per heavy atom. The number of nitrogens with two attached hydrogens (primary N) is 1. The molecule has 0 saturated carbocycles. The van der Waals surface area contributed by atoms with Gasteiger partial charge in [0.1, 0.15) is 5.37 Å². The van der Waals surface area contributed by atoms with E-state index in [1.165, 1.54) is 38.1 Å². The molecule has 1 aromatic rings. The quantitative estimate of drug-likeness (QED) is 0.374. The summed E-state index contributed by atoms with van der Waals surface area (Å²) < 4.78 is 15.9. The molecule has 1 atom stereocenters. The number of hydrogen-bond acceptors (Lipinski definition) is 7. The van der Waals surface area contributed by atoms with E-state index in [0.29, 0.717) is 17.2 Å². The standard InChI is InChI=1S/C12H15N4O4S/c1-18-8-4-7(5-9(19-2)10(8)20-3)11-16(12(13)15-17)14-6-21-11/h4-5,11,17H,1-3H3,(H2,13,15). The van der Waals surface area contributed by atoms with Gasteiger partial charge in [-0.15, -0.1) is 0 Å². The van der Waals surface area contributed by atoms with Crippen LogP contribution in [0.2, 0.25) is 0 Å². The fraction of sp³-hybridized carbons (Fsp3) is 0.333. The summed E-state index contributed by atoms with van der Waals surface area (Å²) >= 11 is 1.28. The second kappa shape index (κ2) is 6.44. The number of thioether (sulfide) groups is 1. The van der Waals surface area contributed by atoms with Crippen LogP contribution in [0.15, 0.2) is 22.4 Å². The Morgan fingerprint density at radius 1 is 1.33 bits per heavy atom. The van der Waals surface area contributed by atoms with E-state index >= 15 is 0 Å². The lowest BCUT2D eigenvalue weighted by Gasteiger charge is -2.22. The first-order valence-electron chi connectivity index (χ1n) is 5.84. The Balaban J connectivity index is 2.45. The van der Waals surface area contributed by atoms with E-state index in [0.717, 1.165) is 5.56 Å². The molecule has 21 heavy (non-hydrogen) atoms. The molecule has 0 saturated heterocycles. The average molecular weight is 311 g/mol. The first-order valence-corrected chi connectivity index (χ1v) is 6.72. The lowest BCUT2D eigenvalue weighted by atomic mass is 10.1. The molecule has 0 spiro atoms. The normalized spacial score (nSPS) is 18.0. The van der Waals surface area contributed by atoms with Crippen LogP contribution in [-0.4, -0.2) is 43.1 Å². The van der Waals surface area contributed by atoms with E-state index in [4.69, 9.17) is 25.2 Å². The maximum Gasteiger partial charge on any atom is 0.255 e. The van der Waals surface area contributed by atoms with Crippen molar-refractivity contribution in [2.24, 2.45) is 16.0 Å². The Bertz CT molecular complexity index is 553. The summed E-state index contributed by atoms with van der Waals surface area (Å²) in [6.07, 6.45) is 0. The van der Waals surface area contributed by atoms with Crippen molar-refractivity contribution in [3.8, 4) is 17.2 Å². The number of methoxy groups -OCH3 is 3. The molecule has 1 aromatic carbocycles. The van der Waals surface area contributed by atoms with Crippen molar-refractivity contribution >= 4 is 23.3 Å². The fourth-order valence-corrected chi connectivity index (χ4v) is 2.65. The van der Waals surface area contributed by atoms with Crippen molar-refractivity contribution in [3.63, 3.8) is 0 Å². The predicted octanol–water partition coefficient (Wildman–Crippen LogP) is 1.28. The van der Waals surface area contributed by atoms with E-state index in [9.17, 15) is 0 Å². The fourth-order valence-electron chi connectivity index (χ4n) is 1.89. The average Bonchev–Trinajstić information content (AvgIpc) is 3.02. The van der Waals surface area contributed by atoms with Crippen molar-refractivity contribution in [2.45, 2.75) is 5.37 Å². The van der Waals surface area contributed by atoms with Crippen LogP contribution in [0, 0.1) is 0 Å². The van der Waals surface area contributed by atoms with Gasteiger partial charge in [0, 0.05) is 0 Å². The van der Waals surface area contributed by atoms with Crippen LogP contribution in [0.3, 0.4) is 0 Å². The number of guanidine groups is 1. The van der Waals surface area contributed by atoms with Gasteiger partial charge in [-0.2, -0.15) is 5.10 Å². The highest BCUT2D eigenvalue weighted by Gasteiger charge is 2.29. The van der Waals surface area contributed by atoms with Gasteiger partial charge in [0.15, 0.2) is 17.0 Å². The maximum absolute atomic E-state index is 8.80. The van der Waals surface area contributed by atoms with E-state index in [-0.39, 0.29) is 11.3 Å². The third kappa shape index (κ3) is 2.77. The molecule has 0 aliphatic carbocycles. The maximum atomic E-state index is 8.80. The number of ether oxygens (including phenoxy) is 3. The smallest absolute Gasteiger partial charge is 0.255 e. The van der Waals surface area contributed by atoms with Crippen molar-refractivity contribution in [2.75, 3.05) is 21.3 Å². The monoisotopic (exact) mass is 311 g/mol. The molecule has 0 fully saturated rings. The minimum Gasteiger partial charge on any atom is -0.493 e. The van der Waals surface area contributed by atoms with E-state index in [1.54, 1.807) is 12.1 Å². The van der Waals surface area contributed by atoms with Crippen molar-refractivity contribution in [1.82, 2.24) is 5.01 Å². The van der Waals surface area contributed by atoms with E-state index in [2.05, 4.69) is 15.8 Å². The van der Waals surface area contributed by atoms with Crippen LogP contribution in [0.25, 0.3) is 0 Å². The summed E-state index contributed by atoms with van der Waals surface area (Å²) in [7, 11) is 4.60. The molecule has 0 amide bonds. The molecule has 8 nitrogen and oxygen atoms in total. The number of rotatable bonds is 4. The third-order valence-corrected chi connectivity index (χ3v) is 3.73. The topological polar surface area (TPSA) is 102 Å². The first kappa shape index (κ1) is 15.1. The van der Waals surface area contributed by atoms with E-state index in [1.807, 2.05) is 0 Å². The highest BCUT2D eigenvalue weighted by Crippen LogP contribution is 2.44. The molecule has 0 aromatic heterocycles. The molecule has 0 bridgehead atoms. The summed E-state index contributed by atoms with van der Waals surface area (Å²) in [6, 6.07) is 3.55. The van der Waals surface area contributed by atoms with Gasteiger partial charge < -0.3 is 25.2 Å². The minimum absolute atomic E-state index is 0.133. The minimum atomic E-state index is -0.338. The molecule has 113 valence electrons. The molecule has 1 radical (unpaired) electrons. The van der Waals surface area contributed by atoms with Gasteiger partial charge in [-0.3, -0.25) is 0 Å². The highest BCUT2D eigenvalue weighted by atomic mass is 32.2.